The highest BCUT2D eigenvalue weighted by Gasteiger charge is 2.40. The molecule has 1 aromatic carbocycles. The van der Waals surface area contributed by atoms with Crippen molar-refractivity contribution in [3.63, 3.8) is 0 Å². The number of carboxylic acid groups (broad SMARTS) is 1. The number of hydrogen-bond acceptors (Lipinski definition) is 4. The molecular formula is C15H21NO4. The molecule has 5 nitrogen and oxygen atoms in total. The summed E-state index contributed by atoms with van der Waals surface area (Å²) in [5, 5.41) is 18.9. The minimum atomic E-state index is -0.887. The molecule has 110 valence electrons. The lowest BCUT2D eigenvalue weighted by Gasteiger charge is -2.45. The number of fused-ring (bicyclic) bond motifs is 1. The van der Waals surface area contributed by atoms with E-state index >= 15 is 0 Å². The Hall–Kier alpha value is -1.91. The number of anilines is 1. The van der Waals surface area contributed by atoms with E-state index in [0.29, 0.717) is 18.0 Å². The lowest BCUT2D eigenvalue weighted by atomic mass is 9.93. The Morgan fingerprint density at radius 2 is 2.10 bits per heavy atom. The largest absolute Gasteiger partial charge is 0.508 e. The normalized spacial score (nSPS) is 18.1. The molecule has 20 heavy (non-hydrogen) atoms. The van der Waals surface area contributed by atoms with E-state index < -0.39 is 12.0 Å². The number of carbonyl (C=O) groups is 1. The molecule has 0 spiro atoms. The number of hydrogen-bond donors (Lipinski definition) is 2. The predicted octanol–water partition coefficient (Wildman–Crippen LogP) is 2.62. The Morgan fingerprint density at radius 1 is 1.45 bits per heavy atom. The van der Waals surface area contributed by atoms with Crippen LogP contribution in [0.15, 0.2) is 18.2 Å². The van der Waals surface area contributed by atoms with Crippen LogP contribution in [0.2, 0.25) is 0 Å². The summed E-state index contributed by atoms with van der Waals surface area (Å²) in [6.45, 7) is 6.23. The number of aromatic hydroxyl groups is 1. The third kappa shape index (κ3) is 2.40. The number of ether oxygens (including phenoxy) is 1. The van der Waals surface area contributed by atoms with Gasteiger partial charge in [-0.2, -0.15) is 0 Å². The Balaban J connectivity index is 2.49. The maximum Gasteiger partial charge on any atom is 0.326 e. The number of phenolic OH excluding ortho intramolecular Hbond substituents is 1. The second-order valence-corrected chi connectivity index (χ2v) is 5.29. The van der Waals surface area contributed by atoms with Crippen LogP contribution in [0.3, 0.4) is 0 Å². The molecule has 0 aliphatic carbocycles. The average Bonchev–Trinajstić information content (AvgIpc) is 2.45. The molecule has 1 aliphatic heterocycles. The molecule has 1 heterocycles. The summed E-state index contributed by atoms with van der Waals surface area (Å²) in [4.78, 5) is 13.1. The number of carboxylic acids is 1. The summed E-state index contributed by atoms with van der Waals surface area (Å²) in [5.41, 5.74) is 0.255. The van der Waals surface area contributed by atoms with E-state index in [1.807, 2.05) is 13.8 Å². The van der Waals surface area contributed by atoms with Crippen LogP contribution >= 0.6 is 0 Å². The molecule has 1 unspecified atom stereocenters. The Labute approximate surface area is 118 Å². The van der Waals surface area contributed by atoms with Gasteiger partial charge >= 0.3 is 5.97 Å². The molecule has 0 saturated heterocycles. The van der Waals surface area contributed by atoms with Crippen molar-refractivity contribution >= 4 is 11.7 Å². The van der Waals surface area contributed by atoms with E-state index in [1.54, 1.807) is 30.0 Å². The Morgan fingerprint density at radius 3 is 2.65 bits per heavy atom. The van der Waals surface area contributed by atoms with E-state index in [4.69, 9.17) is 4.74 Å². The van der Waals surface area contributed by atoms with E-state index in [1.165, 1.54) is 0 Å². The standard InChI is InChI=1S/C15H21NO4/c1-4-15(5-2)9-16(10(3)14(18)19)12-8-11(17)6-7-13(12)20-15/h6-8,10,17H,4-5,9H2,1-3H3,(H,18,19). The third-order valence-corrected chi connectivity index (χ3v) is 4.15. The maximum atomic E-state index is 11.3. The second-order valence-electron chi connectivity index (χ2n) is 5.29. The van der Waals surface area contributed by atoms with Crippen LogP contribution in [0.4, 0.5) is 5.69 Å². The summed E-state index contributed by atoms with van der Waals surface area (Å²) in [6, 6.07) is 4.15. The third-order valence-electron chi connectivity index (χ3n) is 4.15. The van der Waals surface area contributed by atoms with Gasteiger partial charge in [0.1, 0.15) is 23.1 Å². The molecule has 2 N–H and O–H groups in total. The van der Waals surface area contributed by atoms with Gasteiger partial charge in [-0.1, -0.05) is 13.8 Å². The average molecular weight is 279 g/mol. The quantitative estimate of drug-likeness (QED) is 0.886. The first kappa shape index (κ1) is 14.5. The van der Waals surface area contributed by atoms with Gasteiger partial charge in [0.15, 0.2) is 0 Å². The first-order chi connectivity index (χ1) is 9.42. The fourth-order valence-corrected chi connectivity index (χ4v) is 2.57. The van der Waals surface area contributed by atoms with Crippen LogP contribution in [0, 0.1) is 0 Å². The van der Waals surface area contributed by atoms with E-state index in [-0.39, 0.29) is 11.4 Å². The van der Waals surface area contributed by atoms with Gasteiger partial charge in [-0.3, -0.25) is 0 Å². The Kier molecular flexibility index (Phi) is 3.79. The highest BCUT2D eigenvalue weighted by molar-refractivity contribution is 5.79. The zero-order valence-electron chi connectivity index (χ0n) is 12.1. The molecule has 1 aromatic rings. The fraction of sp³-hybridized carbons (Fsp3) is 0.533. The van der Waals surface area contributed by atoms with E-state index in [9.17, 15) is 15.0 Å². The van der Waals surface area contributed by atoms with Crippen molar-refractivity contribution in [3.8, 4) is 11.5 Å². The van der Waals surface area contributed by atoms with Crippen LogP contribution in [0.25, 0.3) is 0 Å². The van der Waals surface area contributed by atoms with Crippen LogP contribution in [0.5, 0.6) is 11.5 Å². The van der Waals surface area contributed by atoms with Gasteiger partial charge in [0, 0.05) is 6.07 Å². The van der Waals surface area contributed by atoms with Crippen molar-refractivity contribution in [2.45, 2.75) is 45.3 Å². The highest BCUT2D eigenvalue weighted by Crippen LogP contribution is 2.42. The first-order valence-corrected chi connectivity index (χ1v) is 6.94. The van der Waals surface area contributed by atoms with Crippen LogP contribution in [-0.2, 0) is 4.79 Å². The topological polar surface area (TPSA) is 70.0 Å². The summed E-state index contributed by atoms with van der Waals surface area (Å²) in [5.74, 6) is -0.149. The number of rotatable bonds is 4. The van der Waals surface area contributed by atoms with Crippen molar-refractivity contribution in [2.75, 3.05) is 11.4 Å². The summed E-state index contributed by atoms with van der Waals surface area (Å²) in [7, 11) is 0. The molecule has 5 heteroatoms. The number of aliphatic carboxylic acids is 1. The minimum absolute atomic E-state index is 0.107. The van der Waals surface area contributed by atoms with Crippen molar-refractivity contribution in [1.82, 2.24) is 0 Å². The van der Waals surface area contributed by atoms with Gasteiger partial charge in [0.2, 0.25) is 0 Å². The predicted molar refractivity (Wildman–Crippen MR) is 76.5 cm³/mol. The molecule has 2 rings (SSSR count). The molecule has 0 fully saturated rings. The number of benzene rings is 1. The molecule has 0 radical (unpaired) electrons. The van der Waals surface area contributed by atoms with Crippen molar-refractivity contribution < 1.29 is 19.7 Å². The zero-order valence-corrected chi connectivity index (χ0v) is 12.1. The van der Waals surface area contributed by atoms with Crippen LogP contribution in [0.1, 0.15) is 33.6 Å². The monoisotopic (exact) mass is 279 g/mol. The molecule has 0 bridgehead atoms. The van der Waals surface area contributed by atoms with E-state index in [2.05, 4.69) is 0 Å². The van der Waals surface area contributed by atoms with E-state index in [0.717, 1.165) is 12.8 Å². The summed E-state index contributed by atoms with van der Waals surface area (Å²) < 4.78 is 6.09. The lowest BCUT2D eigenvalue weighted by Crippen LogP contribution is -2.54. The van der Waals surface area contributed by atoms with Crippen LogP contribution in [-0.4, -0.2) is 34.4 Å². The summed E-state index contributed by atoms with van der Waals surface area (Å²) >= 11 is 0. The minimum Gasteiger partial charge on any atom is -0.508 e. The molecule has 0 saturated carbocycles. The van der Waals surface area contributed by atoms with Crippen molar-refractivity contribution in [1.29, 1.82) is 0 Å². The van der Waals surface area contributed by atoms with Gasteiger partial charge in [-0.15, -0.1) is 0 Å². The smallest absolute Gasteiger partial charge is 0.326 e. The molecule has 0 aromatic heterocycles. The SMILES string of the molecule is CCC1(CC)CN(C(C)C(=O)O)c2cc(O)ccc2O1. The lowest BCUT2D eigenvalue weighted by molar-refractivity contribution is -0.138. The van der Waals surface area contributed by atoms with Crippen LogP contribution < -0.4 is 9.64 Å². The van der Waals surface area contributed by atoms with Gasteiger partial charge in [0.25, 0.3) is 0 Å². The zero-order chi connectivity index (χ0) is 14.9. The number of nitrogens with zero attached hydrogens (tertiary/aromatic N) is 1. The van der Waals surface area contributed by atoms with Gasteiger partial charge < -0.3 is 19.8 Å². The molecule has 1 atom stereocenters. The maximum absolute atomic E-state index is 11.3. The van der Waals surface area contributed by atoms with Crippen molar-refractivity contribution in [3.05, 3.63) is 18.2 Å². The molecular weight excluding hydrogens is 258 g/mol. The second kappa shape index (κ2) is 5.23. The highest BCUT2D eigenvalue weighted by atomic mass is 16.5. The summed E-state index contributed by atoms with van der Waals surface area (Å²) in [6.07, 6.45) is 1.60. The first-order valence-electron chi connectivity index (χ1n) is 6.94. The molecule has 1 aliphatic rings. The fourth-order valence-electron chi connectivity index (χ4n) is 2.57. The van der Waals surface area contributed by atoms with Gasteiger partial charge in [-0.25, -0.2) is 4.79 Å². The Bertz CT molecular complexity index is 511. The van der Waals surface area contributed by atoms with Crippen molar-refractivity contribution in [2.24, 2.45) is 0 Å². The number of phenols is 1. The molecule has 0 amide bonds. The van der Waals surface area contributed by atoms with Gasteiger partial charge in [-0.05, 0) is 31.9 Å². The van der Waals surface area contributed by atoms with Gasteiger partial charge in [0.05, 0.1) is 12.2 Å².